The normalized spacial score (nSPS) is 13.4. The average Bonchev–Trinajstić information content (AvgIpc) is 3.22. The summed E-state index contributed by atoms with van der Waals surface area (Å²) in [5.74, 6) is -0.772. The number of hydrogen-bond acceptors (Lipinski definition) is 10. The number of ether oxygens (including phenoxy) is 6. The smallest absolute Gasteiger partial charge is 0.306 e. The van der Waals surface area contributed by atoms with Gasteiger partial charge in [0.05, 0.1) is 26.4 Å². The van der Waals surface area contributed by atoms with E-state index < -0.39 is 0 Å². The first kappa shape index (κ1) is 55.8. The highest BCUT2D eigenvalue weighted by Crippen LogP contribution is 2.23. The van der Waals surface area contributed by atoms with E-state index in [4.69, 9.17) is 28.4 Å². The molecule has 0 heterocycles. The van der Waals surface area contributed by atoms with Gasteiger partial charge in [-0.3, -0.25) is 19.2 Å². The molecule has 0 aromatic rings. The maximum absolute atomic E-state index is 13.2. The molecule has 0 aromatic carbocycles. The Morgan fingerprint density at radius 1 is 0.328 bits per heavy atom. The topological polar surface area (TPSA) is 124 Å². The summed E-state index contributed by atoms with van der Waals surface area (Å²) in [6, 6.07) is 0. The molecule has 0 aliphatic rings. The van der Waals surface area contributed by atoms with E-state index >= 15 is 0 Å². The summed E-state index contributed by atoms with van der Waals surface area (Å²) in [5.41, 5.74) is 0. The lowest BCUT2D eigenvalue weighted by Gasteiger charge is -2.28. The lowest BCUT2D eigenvalue weighted by Crippen LogP contribution is -2.34. The highest BCUT2D eigenvalue weighted by Gasteiger charge is 2.27. The van der Waals surface area contributed by atoms with Crippen LogP contribution < -0.4 is 0 Å². The second-order valence-corrected chi connectivity index (χ2v) is 16.1. The molecule has 0 saturated heterocycles. The molecule has 0 fully saturated rings. The number of unbranched alkanes of at least 4 members (excludes halogenated alkanes) is 19. The van der Waals surface area contributed by atoms with Crippen molar-refractivity contribution in [3.8, 4) is 0 Å². The summed E-state index contributed by atoms with van der Waals surface area (Å²) in [6.07, 6.45) is 28.9. The van der Waals surface area contributed by atoms with Gasteiger partial charge in [-0.1, -0.05) is 129 Å². The molecule has 4 unspecified atom stereocenters. The third-order valence-electron chi connectivity index (χ3n) is 11.0. The SMILES string of the molecule is CCCCCCCCC(OCC)C(CCCCCCCC(=O)OC)OC(=O)CCCCC(=O)OC(CCCCCCCC)C(CCCCCCCC(=O)OC)OCC. The van der Waals surface area contributed by atoms with E-state index in [-0.39, 0.29) is 61.1 Å². The quantitative estimate of drug-likeness (QED) is 0.0333. The highest BCUT2D eigenvalue weighted by molar-refractivity contribution is 5.71. The lowest BCUT2D eigenvalue weighted by molar-refractivity contribution is -0.161. The molecule has 342 valence electrons. The van der Waals surface area contributed by atoms with Gasteiger partial charge >= 0.3 is 23.9 Å². The fourth-order valence-corrected chi connectivity index (χ4v) is 7.56. The van der Waals surface area contributed by atoms with Crippen molar-refractivity contribution in [3.63, 3.8) is 0 Å². The van der Waals surface area contributed by atoms with Gasteiger partial charge in [-0.25, -0.2) is 0 Å². The summed E-state index contributed by atoms with van der Waals surface area (Å²) in [7, 11) is 2.85. The van der Waals surface area contributed by atoms with Crippen molar-refractivity contribution in [1.82, 2.24) is 0 Å². The highest BCUT2D eigenvalue weighted by atomic mass is 16.6. The molecule has 4 atom stereocenters. The van der Waals surface area contributed by atoms with E-state index in [1.807, 2.05) is 13.8 Å². The van der Waals surface area contributed by atoms with Crippen LogP contribution in [0.4, 0.5) is 0 Å². The van der Waals surface area contributed by atoms with Gasteiger partial charge in [-0.2, -0.15) is 0 Å². The molecule has 58 heavy (non-hydrogen) atoms. The first-order valence-corrected chi connectivity index (χ1v) is 24.0. The van der Waals surface area contributed by atoms with E-state index in [1.165, 1.54) is 65.6 Å². The Morgan fingerprint density at radius 2 is 0.586 bits per heavy atom. The number of hydrogen-bond donors (Lipinski definition) is 0. The molecular formula is C48H90O10. The van der Waals surface area contributed by atoms with Crippen molar-refractivity contribution in [3.05, 3.63) is 0 Å². The summed E-state index contributed by atoms with van der Waals surface area (Å²) in [4.78, 5) is 49.3. The molecule has 10 nitrogen and oxygen atoms in total. The molecule has 0 bridgehead atoms. The number of carbonyl (C=O) groups is 4. The molecule has 0 saturated carbocycles. The fraction of sp³-hybridized carbons (Fsp3) is 0.917. The molecule has 0 amide bonds. The molecule has 0 aliphatic carbocycles. The first-order chi connectivity index (χ1) is 28.3. The summed E-state index contributed by atoms with van der Waals surface area (Å²) in [5, 5.41) is 0. The molecule has 10 heteroatoms. The minimum Gasteiger partial charge on any atom is -0.469 e. The second kappa shape index (κ2) is 41.5. The Kier molecular flexibility index (Phi) is 40.0. The Hall–Kier alpha value is -2.20. The Bertz CT molecular complexity index is 972. The number of carbonyl (C=O) groups excluding carboxylic acids is 4. The van der Waals surface area contributed by atoms with Crippen LogP contribution in [0.2, 0.25) is 0 Å². The van der Waals surface area contributed by atoms with Crippen molar-refractivity contribution >= 4 is 23.9 Å². The maximum atomic E-state index is 13.2. The van der Waals surface area contributed by atoms with E-state index in [0.29, 0.717) is 38.9 Å². The molecule has 0 spiro atoms. The van der Waals surface area contributed by atoms with Gasteiger partial charge in [-0.05, 0) is 78.1 Å². The predicted molar refractivity (Wildman–Crippen MR) is 234 cm³/mol. The van der Waals surface area contributed by atoms with Crippen LogP contribution in [0.25, 0.3) is 0 Å². The zero-order valence-corrected chi connectivity index (χ0v) is 38.4. The van der Waals surface area contributed by atoms with Crippen LogP contribution in [0.3, 0.4) is 0 Å². The van der Waals surface area contributed by atoms with Crippen LogP contribution in [0.1, 0.15) is 233 Å². The summed E-state index contributed by atoms with van der Waals surface area (Å²) in [6.45, 7) is 9.59. The third kappa shape index (κ3) is 33.6. The van der Waals surface area contributed by atoms with E-state index in [2.05, 4.69) is 13.8 Å². The third-order valence-corrected chi connectivity index (χ3v) is 11.0. The zero-order chi connectivity index (χ0) is 42.9. The molecule has 0 rings (SSSR count). The van der Waals surface area contributed by atoms with Crippen molar-refractivity contribution in [2.24, 2.45) is 0 Å². The van der Waals surface area contributed by atoms with Crippen LogP contribution in [-0.4, -0.2) is 75.7 Å². The molecule has 0 aliphatic heterocycles. The number of methoxy groups -OCH3 is 2. The zero-order valence-electron chi connectivity index (χ0n) is 38.4. The van der Waals surface area contributed by atoms with Gasteiger partial charge in [0, 0.05) is 38.9 Å². The molecule has 0 radical (unpaired) electrons. The van der Waals surface area contributed by atoms with Crippen LogP contribution in [0.15, 0.2) is 0 Å². The second-order valence-electron chi connectivity index (χ2n) is 16.1. The minimum absolute atomic E-state index is 0.122. The Morgan fingerprint density at radius 3 is 0.897 bits per heavy atom. The van der Waals surface area contributed by atoms with Crippen LogP contribution >= 0.6 is 0 Å². The van der Waals surface area contributed by atoms with Crippen molar-refractivity contribution in [2.75, 3.05) is 27.4 Å². The monoisotopic (exact) mass is 827 g/mol. The fourth-order valence-electron chi connectivity index (χ4n) is 7.56. The van der Waals surface area contributed by atoms with Gasteiger partial charge in [0.1, 0.15) is 12.2 Å². The largest absolute Gasteiger partial charge is 0.469 e. The van der Waals surface area contributed by atoms with Crippen molar-refractivity contribution < 1.29 is 47.6 Å². The lowest BCUT2D eigenvalue weighted by atomic mass is 9.99. The maximum Gasteiger partial charge on any atom is 0.306 e. The average molecular weight is 827 g/mol. The number of rotatable bonds is 43. The molecule has 0 N–H and O–H groups in total. The van der Waals surface area contributed by atoms with Gasteiger partial charge < -0.3 is 28.4 Å². The van der Waals surface area contributed by atoms with Crippen LogP contribution in [-0.2, 0) is 47.6 Å². The molecule has 0 aromatic heterocycles. The minimum atomic E-state index is -0.291. The van der Waals surface area contributed by atoms with E-state index in [0.717, 1.165) is 116 Å². The van der Waals surface area contributed by atoms with Gasteiger partial charge in [0.2, 0.25) is 0 Å². The van der Waals surface area contributed by atoms with Gasteiger partial charge in [0.15, 0.2) is 0 Å². The standard InChI is InChI=1S/C48H90O10/c1-7-11-13-15-19-25-33-41(55-9-3)44(36-28-22-18-24-30-38-46(50)54-6)58-48(52)40-32-31-39-47(51)57-43(35-27-20-16-14-12-8-2)42(56-10-4)34-26-21-17-23-29-37-45(49)53-5/h41-44H,7-40H2,1-6H3. The molecular weight excluding hydrogens is 737 g/mol. The van der Waals surface area contributed by atoms with Crippen LogP contribution in [0.5, 0.6) is 0 Å². The van der Waals surface area contributed by atoms with Crippen LogP contribution in [0, 0.1) is 0 Å². The predicted octanol–water partition coefficient (Wildman–Crippen LogP) is 12.5. The van der Waals surface area contributed by atoms with Crippen molar-refractivity contribution in [1.29, 1.82) is 0 Å². The van der Waals surface area contributed by atoms with E-state index in [9.17, 15) is 19.2 Å². The number of esters is 4. The van der Waals surface area contributed by atoms with Crippen molar-refractivity contribution in [2.45, 2.75) is 258 Å². The van der Waals surface area contributed by atoms with E-state index in [1.54, 1.807) is 0 Å². The summed E-state index contributed by atoms with van der Waals surface area (Å²) >= 11 is 0. The first-order valence-electron chi connectivity index (χ1n) is 24.0. The Balaban J connectivity index is 5.17. The Labute approximate surface area is 355 Å². The van der Waals surface area contributed by atoms with Gasteiger partial charge in [0.25, 0.3) is 0 Å². The summed E-state index contributed by atoms with van der Waals surface area (Å²) < 4.78 is 34.2. The van der Waals surface area contributed by atoms with Gasteiger partial charge in [-0.15, -0.1) is 0 Å².